The summed E-state index contributed by atoms with van der Waals surface area (Å²) in [5.41, 5.74) is 3.91. The molecule has 1 amide bonds. The Morgan fingerprint density at radius 1 is 1.28 bits per heavy atom. The van der Waals surface area contributed by atoms with E-state index in [1.807, 2.05) is 48.2 Å². The molecule has 0 saturated heterocycles. The van der Waals surface area contributed by atoms with Gasteiger partial charge in [-0.2, -0.15) is 10.2 Å². The Kier molecular flexibility index (Phi) is 6.06. The van der Waals surface area contributed by atoms with Crippen LogP contribution < -0.4 is 5.32 Å². The molecule has 0 fully saturated rings. The van der Waals surface area contributed by atoms with Gasteiger partial charge in [0, 0.05) is 5.02 Å². The Balaban J connectivity index is 1.47. The highest BCUT2D eigenvalue weighted by atomic mass is 35.5. The van der Waals surface area contributed by atoms with E-state index in [2.05, 4.69) is 15.5 Å². The van der Waals surface area contributed by atoms with Crippen LogP contribution in [0.1, 0.15) is 32.2 Å². The Hall–Kier alpha value is -3.50. The Bertz CT molecular complexity index is 1310. The molecule has 0 atom stereocenters. The predicted octanol–water partition coefficient (Wildman–Crippen LogP) is 4.67. The van der Waals surface area contributed by atoms with Crippen molar-refractivity contribution in [3.63, 3.8) is 0 Å². The zero-order valence-electron chi connectivity index (χ0n) is 17.3. The van der Waals surface area contributed by atoms with Crippen LogP contribution in [0.2, 0.25) is 5.02 Å². The molecule has 4 aromatic rings. The first kappa shape index (κ1) is 21.7. The molecule has 0 bridgehead atoms. The quantitative estimate of drug-likeness (QED) is 0.312. The van der Waals surface area contributed by atoms with Crippen LogP contribution in [0.25, 0.3) is 0 Å². The number of hydrogen-bond donors (Lipinski definition) is 1. The second-order valence-corrected chi connectivity index (χ2v) is 8.54. The number of thiophene rings is 1. The number of nitrogens with zero attached hydrogens (tertiary/aromatic N) is 5. The third-order valence-corrected chi connectivity index (χ3v) is 6.30. The Labute approximate surface area is 192 Å². The SMILES string of the molecule is Cc1nn(Cc2ccccc2Cl)c(C)c1NC(=O)c1cc(Cn2cc([N+](=O)[O-])cn2)cs1. The van der Waals surface area contributed by atoms with Gasteiger partial charge in [-0.05, 0) is 42.5 Å². The second-order valence-electron chi connectivity index (χ2n) is 7.22. The molecule has 0 spiro atoms. The van der Waals surface area contributed by atoms with E-state index in [-0.39, 0.29) is 11.6 Å². The van der Waals surface area contributed by atoms with Crippen LogP contribution in [0.15, 0.2) is 48.1 Å². The van der Waals surface area contributed by atoms with Crippen molar-refractivity contribution in [2.75, 3.05) is 5.32 Å². The minimum Gasteiger partial charge on any atom is -0.318 e. The van der Waals surface area contributed by atoms with E-state index in [4.69, 9.17) is 11.6 Å². The molecule has 3 heterocycles. The van der Waals surface area contributed by atoms with Gasteiger partial charge in [-0.3, -0.25) is 24.3 Å². The van der Waals surface area contributed by atoms with Gasteiger partial charge < -0.3 is 5.32 Å². The molecule has 9 nitrogen and oxygen atoms in total. The van der Waals surface area contributed by atoms with Crippen LogP contribution in [0.5, 0.6) is 0 Å². The minimum atomic E-state index is -0.493. The van der Waals surface area contributed by atoms with Crippen LogP contribution >= 0.6 is 22.9 Å². The topological polar surface area (TPSA) is 108 Å². The van der Waals surface area contributed by atoms with Crippen molar-refractivity contribution in [1.29, 1.82) is 0 Å². The van der Waals surface area contributed by atoms with Crippen LogP contribution in [0.4, 0.5) is 11.4 Å². The molecule has 1 aromatic carbocycles. The van der Waals surface area contributed by atoms with Gasteiger partial charge in [0.05, 0.1) is 40.0 Å². The number of benzene rings is 1. The fourth-order valence-electron chi connectivity index (χ4n) is 3.29. The van der Waals surface area contributed by atoms with Gasteiger partial charge in [-0.1, -0.05) is 29.8 Å². The highest BCUT2D eigenvalue weighted by molar-refractivity contribution is 7.12. The van der Waals surface area contributed by atoms with E-state index in [0.29, 0.717) is 34.4 Å². The van der Waals surface area contributed by atoms with E-state index in [9.17, 15) is 14.9 Å². The molecule has 164 valence electrons. The maximum absolute atomic E-state index is 12.8. The molecule has 0 saturated carbocycles. The largest absolute Gasteiger partial charge is 0.318 e. The molecule has 0 aliphatic rings. The molecule has 0 unspecified atom stereocenters. The van der Waals surface area contributed by atoms with E-state index in [0.717, 1.165) is 16.8 Å². The molecular weight excluding hydrogens is 452 g/mol. The van der Waals surface area contributed by atoms with E-state index < -0.39 is 4.92 Å². The van der Waals surface area contributed by atoms with Gasteiger partial charge in [-0.15, -0.1) is 11.3 Å². The highest BCUT2D eigenvalue weighted by Crippen LogP contribution is 2.25. The first-order valence-electron chi connectivity index (χ1n) is 9.65. The molecule has 0 aliphatic carbocycles. The highest BCUT2D eigenvalue weighted by Gasteiger charge is 2.18. The molecule has 0 radical (unpaired) electrons. The zero-order chi connectivity index (χ0) is 22.8. The van der Waals surface area contributed by atoms with Crippen LogP contribution in [0.3, 0.4) is 0 Å². The molecule has 32 heavy (non-hydrogen) atoms. The van der Waals surface area contributed by atoms with Gasteiger partial charge in [-0.25, -0.2) is 0 Å². The lowest BCUT2D eigenvalue weighted by Gasteiger charge is -2.08. The van der Waals surface area contributed by atoms with Gasteiger partial charge in [0.1, 0.15) is 12.4 Å². The third-order valence-electron chi connectivity index (χ3n) is 4.95. The van der Waals surface area contributed by atoms with Crippen molar-refractivity contribution in [3.8, 4) is 0 Å². The average molecular weight is 471 g/mol. The number of hydrogen-bond acceptors (Lipinski definition) is 6. The maximum Gasteiger partial charge on any atom is 0.307 e. The number of aryl methyl sites for hydroxylation is 1. The normalized spacial score (nSPS) is 11.0. The van der Waals surface area contributed by atoms with Crippen molar-refractivity contribution in [2.45, 2.75) is 26.9 Å². The lowest BCUT2D eigenvalue weighted by Crippen LogP contribution is -2.12. The molecule has 0 aliphatic heterocycles. The number of aromatic nitrogens is 4. The number of halogens is 1. The number of anilines is 1. The fraction of sp³-hybridized carbons (Fsp3) is 0.190. The smallest absolute Gasteiger partial charge is 0.307 e. The van der Waals surface area contributed by atoms with Gasteiger partial charge >= 0.3 is 5.69 Å². The summed E-state index contributed by atoms with van der Waals surface area (Å²) < 4.78 is 3.28. The lowest BCUT2D eigenvalue weighted by atomic mass is 10.2. The lowest BCUT2D eigenvalue weighted by molar-refractivity contribution is -0.385. The predicted molar refractivity (Wildman–Crippen MR) is 123 cm³/mol. The third kappa shape index (κ3) is 4.56. The van der Waals surface area contributed by atoms with E-state index in [1.165, 1.54) is 28.4 Å². The summed E-state index contributed by atoms with van der Waals surface area (Å²) in [7, 11) is 0. The first-order valence-corrected chi connectivity index (χ1v) is 10.9. The molecule has 1 N–H and O–H groups in total. The number of amides is 1. The number of nitrogens with one attached hydrogen (secondary N) is 1. The fourth-order valence-corrected chi connectivity index (χ4v) is 4.29. The zero-order valence-corrected chi connectivity index (χ0v) is 18.9. The first-order chi connectivity index (χ1) is 15.3. The molecule has 3 aromatic heterocycles. The molecule has 4 rings (SSSR count). The summed E-state index contributed by atoms with van der Waals surface area (Å²) in [5, 5.41) is 24.8. The summed E-state index contributed by atoms with van der Waals surface area (Å²) in [6.45, 7) is 4.58. The summed E-state index contributed by atoms with van der Waals surface area (Å²) in [6, 6.07) is 9.33. The van der Waals surface area contributed by atoms with Crippen molar-refractivity contribution < 1.29 is 9.72 Å². The van der Waals surface area contributed by atoms with Crippen molar-refractivity contribution in [1.82, 2.24) is 19.6 Å². The van der Waals surface area contributed by atoms with Crippen LogP contribution in [-0.2, 0) is 13.1 Å². The number of carbonyl (C=O) groups is 1. The second kappa shape index (κ2) is 8.93. The Morgan fingerprint density at radius 3 is 2.78 bits per heavy atom. The summed E-state index contributed by atoms with van der Waals surface area (Å²) >= 11 is 7.57. The summed E-state index contributed by atoms with van der Waals surface area (Å²) in [4.78, 5) is 23.7. The Morgan fingerprint density at radius 2 is 2.06 bits per heavy atom. The number of rotatable bonds is 7. The molecular formula is C21H19ClN6O3S. The van der Waals surface area contributed by atoms with E-state index >= 15 is 0 Å². The van der Waals surface area contributed by atoms with E-state index in [1.54, 1.807) is 6.07 Å². The van der Waals surface area contributed by atoms with Crippen molar-refractivity contribution >= 4 is 40.2 Å². The average Bonchev–Trinajstić information content (AvgIpc) is 3.47. The van der Waals surface area contributed by atoms with Gasteiger partial charge in [0.2, 0.25) is 0 Å². The standard InChI is InChI=1S/C21H19ClN6O3S/c1-13-20(14(2)27(25-13)10-16-5-3-4-6-18(16)22)24-21(29)19-7-15(12-32-19)9-26-11-17(8-23-26)28(30)31/h3-8,11-12H,9-10H2,1-2H3,(H,24,29). The van der Waals surface area contributed by atoms with Crippen LogP contribution in [-0.4, -0.2) is 30.4 Å². The number of nitro groups is 1. The minimum absolute atomic E-state index is 0.0713. The maximum atomic E-state index is 12.8. The van der Waals surface area contributed by atoms with Crippen molar-refractivity contribution in [3.05, 3.63) is 90.6 Å². The van der Waals surface area contributed by atoms with Crippen LogP contribution in [0, 0.1) is 24.0 Å². The summed E-state index contributed by atoms with van der Waals surface area (Å²) in [5.74, 6) is -0.240. The van der Waals surface area contributed by atoms with Gasteiger partial charge in [0.15, 0.2) is 0 Å². The van der Waals surface area contributed by atoms with Crippen molar-refractivity contribution in [2.24, 2.45) is 0 Å². The van der Waals surface area contributed by atoms with Gasteiger partial charge in [0.25, 0.3) is 5.91 Å². The molecule has 11 heteroatoms. The summed E-state index contributed by atoms with van der Waals surface area (Å²) in [6.07, 6.45) is 2.56. The monoisotopic (exact) mass is 470 g/mol. The number of carbonyl (C=O) groups excluding carboxylic acids is 1.